The molecule has 1 unspecified atom stereocenters. The van der Waals surface area contributed by atoms with Gasteiger partial charge in [-0.25, -0.2) is 0 Å². The van der Waals surface area contributed by atoms with E-state index in [4.69, 9.17) is 0 Å². The van der Waals surface area contributed by atoms with Crippen LogP contribution in [-0.4, -0.2) is 11.2 Å². The Morgan fingerprint density at radius 3 is 2.28 bits per heavy atom. The van der Waals surface area contributed by atoms with Crippen LogP contribution in [0.1, 0.15) is 72.6 Å². The molecule has 0 heterocycles. The first-order chi connectivity index (χ1) is 8.35. The summed E-state index contributed by atoms with van der Waals surface area (Å²) < 4.78 is 0. The SMILES string of the molecule is CCCCC(O)C1(C#N)CCC(C(C)(C)C)CC1. The highest BCUT2D eigenvalue weighted by molar-refractivity contribution is 5.06. The van der Waals surface area contributed by atoms with E-state index >= 15 is 0 Å². The van der Waals surface area contributed by atoms with Crippen LogP contribution in [0.4, 0.5) is 0 Å². The predicted molar refractivity (Wildman–Crippen MR) is 75.0 cm³/mol. The van der Waals surface area contributed by atoms with Crippen LogP contribution in [-0.2, 0) is 0 Å². The minimum Gasteiger partial charge on any atom is -0.391 e. The van der Waals surface area contributed by atoms with Gasteiger partial charge in [0, 0.05) is 0 Å². The highest BCUT2D eigenvalue weighted by Gasteiger charge is 2.43. The molecule has 0 bridgehead atoms. The molecule has 18 heavy (non-hydrogen) atoms. The van der Waals surface area contributed by atoms with Gasteiger partial charge in [-0.3, -0.25) is 0 Å². The van der Waals surface area contributed by atoms with Gasteiger partial charge in [-0.05, 0) is 43.4 Å². The third kappa shape index (κ3) is 3.48. The smallest absolute Gasteiger partial charge is 0.0832 e. The average Bonchev–Trinajstić information content (AvgIpc) is 2.34. The maximum atomic E-state index is 10.3. The van der Waals surface area contributed by atoms with Crippen molar-refractivity contribution in [3.8, 4) is 6.07 Å². The van der Waals surface area contributed by atoms with Crippen molar-refractivity contribution in [1.29, 1.82) is 5.26 Å². The maximum Gasteiger partial charge on any atom is 0.0832 e. The van der Waals surface area contributed by atoms with Crippen LogP contribution in [0.15, 0.2) is 0 Å². The lowest BCUT2D eigenvalue weighted by Crippen LogP contribution is -2.39. The second-order valence-corrected chi connectivity index (χ2v) is 7.07. The highest BCUT2D eigenvalue weighted by Crippen LogP contribution is 2.47. The van der Waals surface area contributed by atoms with Crippen molar-refractivity contribution in [3.63, 3.8) is 0 Å². The van der Waals surface area contributed by atoms with E-state index in [-0.39, 0.29) is 0 Å². The van der Waals surface area contributed by atoms with Crippen LogP contribution in [0.3, 0.4) is 0 Å². The minimum atomic E-state index is -0.461. The van der Waals surface area contributed by atoms with Gasteiger partial charge >= 0.3 is 0 Å². The van der Waals surface area contributed by atoms with Crippen molar-refractivity contribution in [2.75, 3.05) is 0 Å². The zero-order valence-corrected chi connectivity index (χ0v) is 12.5. The van der Waals surface area contributed by atoms with E-state index in [1.54, 1.807) is 0 Å². The molecule has 1 N–H and O–H groups in total. The van der Waals surface area contributed by atoms with E-state index in [1.807, 2.05) is 0 Å². The Bertz CT molecular complexity index is 289. The van der Waals surface area contributed by atoms with Gasteiger partial charge < -0.3 is 5.11 Å². The van der Waals surface area contributed by atoms with Crippen molar-refractivity contribution in [1.82, 2.24) is 0 Å². The molecule has 0 aliphatic heterocycles. The third-order valence-corrected chi connectivity index (χ3v) is 4.79. The molecule has 1 atom stereocenters. The van der Waals surface area contributed by atoms with Crippen molar-refractivity contribution < 1.29 is 5.11 Å². The molecular weight excluding hydrogens is 222 g/mol. The molecule has 1 aliphatic carbocycles. The minimum absolute atomic E-state index is 0.329. The molecule has 2 heteroatoms. The topological polar surface area (TPSA) is 44.0 Å². The normalized spacial score (nSPS) is 30.8. The van der Waals surface area contributed by atoms with E-state index in [1.165, 1.54) is 0 Å². The lowest BCUT2D eigenvalue weighted by Gasteiger charge is -2.42. The summed E-state index contributed by atoms with van der Waals surface area (Å²) in [5, 5.41) is 19.8. The largest absolute Gasteiger partial charge is 0.391 e. The van der Waals surface area contributed by atoms with E-state index in [0.29, 0.717) is 11.3 Å². The summed E-state index contributed by atoms with van der Waals surface area (Å²) in [5.41, 5.74) is -0.132. The summed E-state index contributed by atoms with van der Waals surface area (Å²) in [5.74, 6) is 0.692. The van der Waals surface area contributed by atoms with Crippen LogP contribution in [0.25, 0.3) is 0 Å². The second kappa shape index (κ2) is 6.06. The lowest BCUT2D eigenvalue weighted by molar-refractivity contribution is 0.00403. The number of rotatable bonds is 4. The zero-order valence-electron chi connectivity index (χ0n) is 12.5. The van der Waals surface area contributed by atoms with E-state index in [9.17, 15) is 10.4 Å². The van der Waals surface area contributed by atoms with Gasteiger partial charge in [0.2, 0.25) is 0 Å². The summed E-state index contributed by atoms with van der Waals surface area (Å²) >= 11 is 0. The Labute approximate surface area is 112 Å². The van der Waals surface area contributed by atoms with E-state index < -0.39 is 11.5 Å². The van der Waals surface area contributed by atoms with Gasteiger partial charge in [-0.15, -0.1) is 0 Å². The standard InChI is InChI=1S/C16H29NO/c1-5-6-7-14(18)16(12-17)10-8-13(9-11-16)15(2,3)4/h13-14,18H,5-11H2,1-4H3. The van der Waals surface area contributed by atoms with Gasteiger partial charge in [-0.2, -0.15) is 5.26 Å². The quantitative estimate of drug-likeness (QED) is 0.810. The number of aliphatic hydroxyl groups is 1. The fourth-order valence-corrected chi connectivity index (χ4v) is 3.19. The number of hydrogen-bond donors (Lipinski definition) is 1. The number of hydrogen-bond acceptors (Lipinski definition) is 2. The summed E-state index contributed by atoms with van der Waals surface area (Å²) in [6.07, 6.45) is 6.37. The Kier molecular flexibility index (Phi) is 5.22. The zero-order chi connectivity index (χ0) is 13.8. The molecular formula is C16H29NO. The first-order valence-electron chi connectivity index (χ1n) is 7.45. The number of aliphatic hydroxyl groups excluding tert-OH is 1. The molecule has 1 aliphatic rings. The first-order valence-corrected chi connectivity index (χ1v) is 7.45. The van der Waals surface area contributed by atoms with Crippen molar-refractivity contribution >= 4 is 0 Å². The third-order valence-electron chi connectivity index (χ3n) is 4.79. The summed E-state index contributed by atoms with van der Waals surface area (Å²) in [6, 6.07) is 2.45. The van der Waals surface area contributed by atoms with Gasteiger partial charge in [0.15, 0.2) is 0 Å². The molecule has 0 radical (unpaired) electrons. The maximum absolute atomic E-state index is 10.3. The highest BCUT2D eigenvalue weighted by atomic mass is 16.3. The molecule has 1 fully saturated rings. The summed E-state index contributed by atoms with van der Waals surface area (Å²) in [4.78, 5) is 0. The number of nitrogens with zero attached hydrogens (tertiary/aromatic N) is 1. The van der Waals surface area contributed by atoms with Crippen LogP contribution in [0.2, 0.25) is 0 Å². The van der Waals surface area contributed by atoms with Crippen molar-refractivity contribution in [2.24, 2.45) is 16.7 Å². The summed E-state index contributed by atoms with van der Waals surface area (Å²) in [6.45, 7) is 8.97. The molecule has 104 valence electrons. The van der Waals surface area contributed by atoms with Crippen LogP contribution in [0.5, 0.6) is 0 Å². The van der Waals surface area contributed by atoms with E-state index in [0.717, 1.165) is 44.9 Å². The van der Waals surface area contributed by atoms with Gasteiger partial charge in [0.05, 0.1) is 17.6 Å². The number of nitriles is 1. The van der Waals surface area contributed by atoms with Crippen LogP contribution >= 0.6 is 0 Å². The molecule has 0 aromatic heterocycles. The molecule has 0 aromatic carbocycles. The van der Waals surface area contributed by atoms with Crippen LogP contribution < -0.4 is 0 Å². The van der Waals surface area contributed by atoms with Gasteiger partial charge in [0.25, 0.3) is 0 Å². The molecule has 1 rings (SSSR count). The average molecular weight is 251 g/mol. The monoisotopic (exact) mass is 251 g/mol. The molecule has 0 aromatic rings. The second-order valence-electron chi connectivity index (χ2n) is 7.07. The van der Waals surface area contributed by atoms with Crippen molar-refractivity contribution in [3.05, 3.63) is 0 Å². The van der Waals surface area contributed by atoms with Crippen molar-refractivity contribution in [2.45, 2.75) is 78.7 Å². The molecule has 1 saturated carbocycles. The van der Waals surface area contributed by atoms with E-state index in [2.05, 4.69) is 33.8 Å². The molecule has 0 saturated heterocycles. The fraction of sp³-hybridized carbons (Fsp3) is 0.938. The Morgan fingerprint density at radius 2 is 1.89 bits per heavy atom. The van der Waals surface area contributed by atoms with Crippen LogP contribution in [0, 0.1) is 28.1 Å². The molecule has 2 nitrogen and oxygen atoms in total. The molecule has 0 spiro atoms. The Balaban J connectivity index is 2.63. The Hall–Kier alpha value is -0.550. The van der Waals surface area contributed by atoms with Gasteiger partial charge in [-0.1, -0.05) is 40.5 Å². The van der Waals surface area contributed by atoms with Gasteiger partial charge in [0.1, 0.15) is 0 Å². The lowest BCUT2D eigenvalue weighted by atomic mass is 9.62. The number of unbranched alkanes of at least 4 members (excludes halogenated alkanes) is 1. The Morgan fingerprint density at radius 1 is 1.33 bits per heavy atom. The summed E-state index contributed by atoms with van der Waals surface area (Å²) in [7, 11) is 0. The predicted octanol–water partition coefficient (Wildman–Crippen LogP) is 4.28. The molecule has 0 amide bonds. The fourth-order valence-electron chi connectivity index (χ4n) is 3.19. The first kappa shape index (κ1) is 15.5.